The molecule has 0 saturated carbocycles. The van der Waals surface area contributed by atoms with Crippen LogP contribution in [0.3, 0.4) is 0 Å². The average molecular weight is 219 g/mol. The fourth-order valence-electron chi connectivity index (χ4n) is 2.25. The predicted octanol–water partition coefficient (Wildman–Crippen LogP) is 0.136. The number of pyridine rings is 1. The second kappa shape index (κ2) is 3.18. The molecule has 1 aromatic rings. The molecule has 0 radical (unpaired) electrons. The van der Waals surface area contributed by atoms with Gasteiger partial charge in [-0.2, -0.15) is 0 Å². The van der Waals surface area contributed by atoms with Crippen LogP contribution in [0.25, 0.3) is 0 Å². The topological polar surface area (TPSA) is 68.5 Å². The number of amides is 1. The van der Waals surface area contributed by atoms with Gasteiger partial charge in [-0.1, -0.05) is 0 Å². The maximum Gasteiger partial charge on any atom is 0.256 e. The Balaban J connectivity index is 1.73. The van der Waals surface area contributed by atoms with Gasteiger partial charge in [0.05, 0.1) is 36.1 Å². The fourth-order valence-corrected chi connectivity index (χ4v) is 2.25. The van der Waals surface area contributed by atoms with Gasteiger partial charge in [-0.15, -0.1) is 0 Å². The lowest BCUT2D eigenvalue weighted by molar-refractivity contribution is -0.176. The van der Waals surface area contributed by atoms with Crippen LogP contribution in [0, 0.1) is 5.41 Å². The summed E-state index contributed by atoms with van der Waals surface area (Å²) in [7, 11) is 0. The minimum Gasteiger partial charge on any atom is -0.397 e. The SMILES string of the molecule is Nc1cnccc1C(=O)N1CC2(COC2)C1. The minimum absolute atomic E-state index is 0.00238. The van der Waals surface area contributed by atoms with Gasteiger partial charge in [-0.25, -0.2) is 0 Å². The van der Waals surface area contributed by atoms with Crippen LogP contribution in [0.2, 0.25) is 0 Å². The number of carbonyl (C=O) groups is 1. The highest BCUT2D eigenvalue weighted by Gasteiger charge is 2.50. The van der Waals surface area contributed by atoms with Crippen LogP contribution >= 0.6 is 0 Å². The highest BCUT2D eigenvalue weighted by molar-refractivity contribution is 5.99. The summed E-state index contributed by atoms with van der Waals surface area (Å²) in [5, 5.41) is 0. The van der Waals surface area contributed by atoms with Gasteiger partial charge in [0.2, 0.25) is 0 Å². The van der Waals surface area contributed by atoms with E-state index in [0.29, 0.717) is 11.3 Å². The van der Waals surface area contributed by atoms with Gasteiger partial charge in [0, 0.05) is 19.3 Å². The summed E-state index contributed by atoms with van der Waals surface area (Å²) in [6.45, 7) is 3.13. The summed E-state index contributed by atoms with van der Waals surface area (Å²) in [6.07, 6.45) is 3.10. The van der Waals surface area contributed by atoms with Crippen LogP contribution in [-0.2, 0) is 4.74 Å². The molecule has 0 atom stereocenters. The quantitative estimate of drug-likeness (QED) is 0.729. The van der Waals surface area contributed by atoms with Crippen LogP contribution in [0.15, 0.2) is 18.5 Å². The molecule has 84 valence electrons. The van der Waals surface area contributed by atoms with Gasteiger partial charge in [-0.3, -0.25) is 9.78 Å². The Bertz CT molecular complexity index is 435. The summed E-state index contributed by atoms with van der Waals surface area (Å²) in [6, 6.07) is 1.67. The van der Waals surface area contributed by atoms with Crippen molar-refractivity contribution < 1.29 is 9.53 Å². The van der Waals surface area contributed by atoms with Gasteiger partial charge in [0.15, 0.2) is 0 Å². The Hall–Kier alpha value is -1.62. The molecular weight excluding hydrogens is 206 g/mol. The van der Waals surface area contributed by atoms with E-state index in [4.69, 9.17) is 10.5 Å². The summed E-state index contributed by atoms with van der Waals surface area (Å²) in [5.41, 5.74) is 6.95. The molecule has 3 heterocycles. The number of rotatable bonds is 1. The summed E-state index contributed by atoms with van der Waals surface area (Å²) in [4.78, 5) is 17.7. The number of hydrogen-bond donors (Lipinski definition) is 1. The largest absolute Gasteiger partial charge is 0.397 e. The molecular formula is C11H13N3O2. The molecule has 5 nitrogen and oxygen atoms in total. The third-order valence-corrected chi connectivity index (χ3v) is 3.24. The Morgan fingerprint density at radius 3 is 2.81 bits per heavy atom. The minimum atomic E-state index is -0.00238. The molecule has 2 aliphatic heterocycles. The first kappa shape index (κ1) is 9.59. The second-order valence-electron chi connectivity index (χ2n) is 4.62. The molecule has 0 aromatic carbocycles. The van der Waals surface area contributed by atoms with Gasteiger partial charge < -0.3 is 15.4 Å². The summed E-state index contributed by atoms with van der Waals surface area (Å²) < 4.78 is 5.16. The molecule has 1 spiro atoms. The van der Waals surface area contributed by atoms with Crippen LogP contribution in [0.5, 0.6) is 0 Å². The molecule has 0 unspecified atom stereocenters. The van der Waals surface area contributed by atoms with E-state index in [1.165, 1.54) is 6.20 Å². The molecule has 16 heavy (non-hydrogen) atoms. The number of hydrogen-bond acceptors (Lipinski definition) is 4. The van der Waals surface area contributed by atoms with Crippen molar-refractivity contribution in [1.82, 2.24) is 9.88 Å². The maximum absolute atomic E-state index is 12.1. The fraction of sp³-hybridized carbons (Fsp3) is 0.455. The molecule has 1 aromatic heterocycles. The van der Waals surface area contributed by atoms with Gasteiger partial charge in [0.1, 0.15) is 0 Å². The zero-order chi connectivity index (χ0) is 11.2. The van der Waals surface area contributed by atoms with Crippen molar-refractivity contribution in [3.63, 3.8) is 0 Å². The Labute approximate surface area is 93.2 Å². The van der Waals surface area contributed by atoms with Crippen LogP contribution in [-0.4, -0.2) is 42.1 Å². The van der Waals surface area contributed by atoms with Crippen molar-refractivity contribution in [3.8, 4) is 0 Å². The average Bonchev–Trinajstić information content (AvgIpc) is 2.13. The first-order valence-corrected chi connectivity index (χ1v) is 5.27. The zero-order valence-corrected chi connectivity index (χ0v) is 8.85. The van der Waals surface area contributed by atoms with Gasteiger partial charge in [-0.05, 0) is 6.07 Å². The Morgan fingerprint density at radius 1 is 1.50 bits per heavy atom. The smallest absolute Gasteiger partial charge is 0.256 e. The third kappa shape index (κ3) is 1.28. The molecule has 5 heteroatoms. The first-order valence-electron chi connectivity index (χ1n) is 5.27. The van der Waals surface area contributed by atoms with Crippen LogP contribution < -0.4 is 5.73 Å². The van der Waals surface area contributed by atoms with Crippen molar-refractivity contribution in [2.75, 3.05) is 32.0 Å². The number of likely N-dealkylation sites (tertiary alicyclic amines) is 1. The highest BCUT2D eigenvalue weighted by atomic mass is 16.5. The lowest BCUT2D eigenvalue weighted by Gasteiger charge is -2.54. The molecule has 2 aliphatic rings. The van der Waals surface area contributed by atoms with E-state index < -0.39 is 0 Å². The number of anilines is 1. The Kier molecular flexibility index (Phi) is 1.91. The van der Waals surface area contributed by atoms with Crippen molar-refractivity contribution >= 4 is 11.6 Å². The van der Waals surface area contributed by atoms with Crippen molar-refractivity contribution in [3.05, 3.63) is 24.0 Å². The van der Waals surface area contributed by atoms with Gasteiger partial charge in [0.25, 0.3) is 5.91 Å². The second-order valence-corrected chi connectivity index (χ2v) is 4.62. The number of nitrogen functional groups attached to an aromatic ring is 1. The van der Waals surface area contributed by atoms with E-state index in [-0.39, 0.29) is 11.3 Å². The summed E-state index contributed by atoms with van der Waals surface area (Å²) >= 11 is 0. The van der Waals surface area contributed by atoms with Crippen LogP contribution in [0.1, 0.15) is 10.4 Å². The molecule has 2 fully saturated rings. The molecule has 2 N–H and O–H groups in total. The van der Waals surface area contributed by atoms with E-state index in [1.807, 2.05) is 4.90 Å². The third-order valence-electron chi connectivity index (χ3n) is 3.24. The van der Waals surface area contributed by atoms with Crippen molar-refractivity contribution in [2.45, 2.75) is 0 Å². The van der Waals surface area contributed by atoms with E-state index in [1.54, 1.807) is 12.3 Å². The predicted molar refractivity (Wildman–Crippen MR) is 57.8 cm³/mol. The number of carbonyl (C=O) groups excluding carboxylic acids is 1. The number of ether oxygens (including phenoxy) is 1. The monoisotopic (exact) mass is 219 g/mol. The first-order chi connectivity index (χ1) is 7.70. The van der Waals surface area contributed by atoms with E-state index in [2.05, 4.69) is 4.98 Å². The molecule has 0 bridgehead atoms. The number of nitrogens with zero attached hydrogens (tertiary/aromatic N) is 2. The molecule has 2 saturated heterocycles. The standard InChI is InChI=1S/C11H13N3O2/c12-9-3-13-2-1-8(9)10(15)14-4-11(5-14)6-16-7-11/h1-3H,4-7,12H2. The maximum atomic E-state index is 12.1. The lowest BCUT2D eigenvalue weighted by atomic mass is 9.78. The number of aromatic nitrogens is 1. The lowest BCUT2D eigenvalue weighted by Crippen LogP contribution is -2.67. The normalized spacial score (nSPS) is 21.4. The summed E-state index contributed by atoms with van der Waals surface area (Å²) in [5.74, 6) is -0.00238. The number of nitrogens with two attached hydrogens (primary N) is 1. The van der Waals surface area contributed by atoms with Crippen LogP contribution in [0.4, 0.5) is 5.69 Å². The van der Waals surface area contributed by atoms with E-state index in [0.717, 1.165) is 26.3 Å². The molecule has 3 rings (SSSR count). The molecule has 0 aliphatic carbocycles. The van der Waals surface area contributed by atoms with E-state index in [9.17, 15) is 4.79 Å². The zero-order valence-electron chi connectivity index (χ0n) is 8.85. The van der Waals surface area contributed by atoms with Crippen molar-refractivity contribution in [2.24, 2.45) is 5.41 Å². The Morgan fingerprint density at radius 2 is 2.25 bits per heavy atom. The highest BCUT2D eigenvalue weighted by Crippen LogP contribution is 2.38. The van der Waals surface area contributed by atoms with E-state index >= 15 is 0 Å². The van der Waals surface area contributed by atoms with Gasteiger partial charge >= 0.3 is 0 Å². The van der Waals surface area contributed by atoms with Crippen molar-refractivity contribution in [1.29, 1.82) is 0 Å². The molecule has 1 amide bonds.